The lowest BCUT2D eigenvalue weighted by molar-refractivity contribution is -0.157. The molecule has 0 fully saturated rings. The van der Waals surface area contributed by atoms with Gasteiger partial charge in [0.15, 0.2) is 6.10 Å². The molecule has 2 aliphatic rings. The molecule has 3 aromatic rings. The normalized spacial score (nSPS) is 15.4. The van der Waals surface area contributed by atoms with Gasteiger partial charge >= 0.3 is 12.1 Å². The summed E-state index contributed by atoms with van der Waals surface area (Å²) in [6, 6.07) is 4.09. The molecule has 1 amide bonds. The van der Waals surface area contributed by atoms with Gasteiger partial charge in [-0.2, -0.15) is 0 Å². The molecule has 0 saturated heterocycles. The third-order valence-corrected chi connectivity index (χ3v) is 5.74. The second-order valence-electron chi connectivity index (χ2n) is 7.50. The number of nitrogens with zero attached hydrogens (tertiary/aromatic N) is 2. The number of ether oxygens (including phenoxy) is 2. The quantitative estimate of drug-likeness (QED) is 0.298. The first-order valence-electron chi connectivity index (χ1n) is 10.7. The van der Waals surface area contributed by atoms with Crippen molar-refractivity contribution < 1.29 is 28.6 Å². The fraction of sp³-hybridized carbons (Fsp3) is 0.304. The van der Waals surface area contributed by atoms with Crippen molar-refractivity contribution in [1.82, 2.24) is 14.9 Å². The predicted octanol–water partition coefficient (Wildman–Crippen LogP) is 2.12. The molecule has 0 saturated carbocycles. The summed E-state index contributed by atoms with van der Waals surface area (Å²) in [6.45, 7) is 3.69. The second-order valence-corrected chi connectivity index (χ2v) is 7.50. The minimum absolute atomic E-state index is 0.0950. The first-order chi connectivity index (χ1) is 16.3. The van der Waals surface area contributed by atoms with E-state index in [0.717, 1.165) is 0 Å². The van der Waals surface area contributed by atoms with Gasteiger partial charge in [0.1, 0.15) is 19.0 Å². The van der Waals surface area contributed by atoms with Crippen LogP contribution >= 0.6 is 0 Å². The molecule has 0 radical (unpaired) electrons. The molecule has 34 heavy (non-hydrogen) atoms. The average Bonchev–Trinajstić information content (AvgIpc) is 3.20. The molecule has 2 aromatic heterocycles. The Hall–Kier alpha value is -3.99. The molecule has 1 atom stereocenters. The van der Waals surface area contributed by atoms with Crippen LogP contribution in [0.3, 0.4) is 0 Å². The molecular weight excluding hydrogens is 447 g/mol. The summed E-state index contributed by atoms with van der Waals surface area (Å²) in [7, 11) is 1.42. The van der Waals surface area contributed by atoms with Crippen LogP contribution in [0.4, 0.5) is 14.9 Å². The van der Waals surface area contributed by atoms with Crippen LogP contribution in [0.15, 0.2) is 23.0 Å². The smallest absolute Gasteiger partial charge is 0.407 e. The number of nitrogens with two attached hydrogens (primary N) is 1. The first kappa shape index (κ1) is 23.2. The van der Waals surface area contributed by atoms with Gasteiger partial charge in [-0.15, -0.1) is 0 Å². The number of aromatic nitrogens is 2. The molecule has 2 aliphatic heterocycles. The largest absolute Gasteiger partial charge is 0.458 e. The topological polar surface area (TPSA) is 146 Å². The maximum atomic E-state index is 14.2. The maximum Gasteiger partial charge on any atom is 0.407 e. The average molecular weight is 470 g/mol. The monoisotopic (exact) mass is 470 g/mol. The third kappa shape index (κ3) is 3.54. The Labute approximate surface area is 193 Å². The van der Waals surface area contributed by atoms with Crippen molar-refractivity contribution in [3.63, 3.8) is 0 Å². The van der Waals surface area contributed by atoms with Crippen LogP contribution in [0.25, 0.3) is 22.3 Å². The number of benzene rings is 1. The van der Waals surface area contributed by atoms with Crippen LogP contribution in [0.5, 0.6) is 0 Å². The van der Waals surface area contributed by atoms with Crippen LogP contribution in [0.1, 0.15) is 42.2 Å². The van der Waals surface area contributed by atoms with Crippen molar-refractivity contribution in [3.8, 4) is 11.4 Å². The van der Waals surface area contributed by atoms with Gasteiger partial charge in [-0.3, -0.25) is 4.79 Å². The number of hydrogen-bond donors (Lipinski definition) is 3. The molecule has 4 heterocycles. The number of nitrogens with one attached hydrogen (secondary N) is 1. The summed E-state index contributed by atoms with van der Waals surface area (Å²) in [4.78, 5) is 41.1. The van der Waals surface area contributed by atoms with Gasteiger partial charge < -0.3 is 30.2 Å². The molecule has 4 N–H and O–H groups in total. The molecular formula is C23H23FN4O6. The lowest BCUT2D eigenvalue weighted by atomic mass is 9.98. The van der Waals surface area contributed by atoms with E-state index in [1.165, 1.54) is 29.8 Å². The van der Waals surface area contributed by atoms with Crippen molar-refractivity contribution in [2.24, 2.45) is 0 Å². The maximum absolute atomic E-state index is 14.2. The number of cyclic esters (lactones) is 1. The number of rotatable bonds is 2. The zero-order chi connectivity index (χ0) is 24.7. The molecule has 0 spiro atoms. The zero-order valence-electron chi connectivity index (χ0n) is 18.8. The summed E-state index contributed by atoms with van der Waals surface area (Å²) < 4.78 is 25.7. The Kier molecular flexibility index (Phi) is 5.96. The summed E-state index contributed by atoms with van der Waals surface area (Å²) in [5.74, 6) is -1.51. The van der Waals surface area contributed by atoms with Gasteiger partial charge in [0.05, 0.1) is 34.7 Å². The van der Waals surface area contributed by atoms with Gasteiger partial charge in [0.25, 0.3) is 5.56 Å². The van der Waals surface area contributed by atoms with E-state index < -0.39 is 29.5 Å². The third-order valence-electron chi connectivity index (χ3n) is 5.74. The fourth-order valence-electron chi connectivity index (χ4n) is 4.12. The highest BCUT2D eigenvalue weighted by Crippen LogP contribution is 2.38. The highest BCUT2D eigenvalue weighted by molar-refractivity contribution is 5.90. The molecule has 178 valence electrons. The molecule has 11 heteroatoms. The van der Waals surface area contributed by atoms with E-state index in [0.29, 0.717) is 27.9 Å². The number of fused-ring (bicyclic) bond motifs is 5. The van der Waals surface area contributed by atoms with Gasteiger partial charge in [0, 0.05) is 35.2 Å². The summed E-state index contributed by atoms with van der Waals surface area (Å²) in [5.41, 5.74) is 7.64. The molecule has 1 unspecified atom stereocenters. The van der Waals surface area contributed by atoms with Crippen LogP contribution in [0, 0.1) is 5.82 Å². The lowest BCUT2D eigenvalue weighted by Crippen LogP contribution is -2.32. The van der Waals surface area contributed by atoms with E-state index >= 15 is 0 Å². The highest BCUT2D eigenvalue weighted by Gasteiger charge is 2.34. The lowest BCUT2D eigenvalue weighted by Gasteiger charge is -2.21. The summed E-state index contributed by atoms with van der Waals surface area (Å²) >= 11 is 0. The molecule has 0 aliphatic carbocycles. The van der Waals surface area contributed by atoms with E-state index in [9.17, 15) is 23.9 Å². The number of amides is 1. The van der Waals surface area contributed by atoms with E-state index in [4.69, 9.17) is 15.2 Å². The Morgan fingerprint density at radius 2 is 2.06 bits per heavy atom. The number of esters is 1. The number of hydrogen-bond acceptors (Lipinski definition) is 8. The standard InChI is InChI=1S/C21H17FN4O6.C2H6/c1-24-21(30)32-6-11-8-2-14(23)13(22)4-15(8)25-17-10(11)5-26-16(17)3-9-12(19(26)28)7-31-20(29)18(9)27;1-2/h2-4,18,27H,5-7,23H2,1H3,(H,24,30);1-2H3. The molecule has 0 bridgehead atoms. The highest BCUT2D eigenvalue weighted by atomic mass is 19.1. The Morgan fingerprint density at radius 3 is 2.76 bits per heavy atom. The Balaban J connectivity index is 0.00000133. The Morgan fingerprint density at radius 1 is 1.32 bits per heavy atom. The van der Waals surface area contributed by atoms with Crippen LogP contribution in [-0.4, -0.2) is 33.8 Å². The minimum Gasteiger partial charge on any atom is -0.458 e. The van der Waals surface area contributed by atoms with Crippen molar-refractivity contribution in [2.75, 3.05) is 12.8 Å². The number of halogens is 1. The predicted molar refractivity (Wildman–Crippen MR) is 120 cm³/mol. The van der Waals surface area contributed by atoms with Gasteiger partial charge in [-0.25, -0.2) is 19.0 Å². The summed E-state index contributed by atoms with van der Waals surface area (Å²) in [6.07, 6.45) is -2.25. The number of nitrogen functional groups attached to an aromatic ring is 1. The van der Waals surface area contributed by atoms with Gasteiger partial charge in [-0.1, -0.05) is 13.8 Å². The van der Waals surface area contributed by atoms with Crippen molar-refractivity contribution in [2.45, 2.75) is 39.7 Å². The number of aliphatic hydroxyl groups is 1. The van der Waals surface area contributed by atoms with E-state index in [-0.39, 0.29) is 42.1 Å². The SMILES string of the molecule is CC.CNC(=O)OCc1c2c(nc3cc(F)c(N)cc13)-c1cc3c(c(=O)n1C2)COC(=O)C3O. The van der Waals surface area contributed by atoms with Gasteiger partial charge in [0.2, 0.25) is 0 Å². The molecule has 1 aromatic carbocycles. The zero-order valence-corrected chi connectivity index (χ0v) is 18.8. The van der Waals surface area contributed by atoms with E-state index in [2.05, 4.69) is 10.3 Å². The van der Waals surface area contributed by atoms with Crippen molar-refractivity contribution in [3.05, 3.63) is 56.6 Å². The number of carbonyl (C=O) groups excluding carboxylic acids is 2. The second kappa shape index (κ2) is 8.75. The van der Waals surface area contributed by atoms with E-state index in [1.807, 2.05) is 13.8 Å². The van der Waals surface area contributed by atoms with Crippen LogP contribution in [-0.2, 0) is 34.0 Å². The number of aliphatic hydroxyl groups excluding tert-OH is 1. The number of alkyl carbamates (subject to hydrolysis) is 1. The minimum atomic E-state index is -1.59. The van der Waals surface area contributed by atoms with E-state index in [1.54, 1.807) is 0 Å². The molecule has 10 nitrogen and oxygen atoms in total. The fourth-order valence-corrected chi connectivity index (χ4v) is 4.12. The first-order valence-corrected chi connectivity index (χ1v) is 10.7. The van der Waals surface area contributed by atoms with Crippen LogP contribution in [0.2, 0.25) is 0 Å². The number of carbonyl (C=O) groups is 2. The van der Waals surface area contributed by atoms with Crippen molar-refractivity contribution in [1.29, 1.82) is 0 Å². The number of pyridine rings is 2. The van der Waals surface area contributed by atoms with Crippen molar-refractivity contribution >= 4 is 28.7 Å². The molecule has 5 rings (SSSR count). The van der Waals surface area contributed by atoms with Crippen LogP contribution < -0.4 is 16.6 Å². The van der Waals surface area contributed by atoms with Gasteiger partial charge in [-0.05, 0) is 12.1 Å². The Bertz CT molecular complexity index is 1400. The summed E-state index contributed by atoms with van der Waals surface area (Å²) in [5, 5.41) is 13.1. The number of anilines is 1.